The molecule has 0 fully saturated rings. The topological polar surface area (TPSA) is 63.7 Å². The van der Waals surface area contributed by atoms with E-state index >= 15 is 0 Å². The summed E-state index contributed by atoms with van der Waals surface area (Å²) in [4.78, 5) is 11.6. The minimum atomic E-state index is -3.15. The molecule has 0 spiro atoms. The Morgan fingerprint density at radius 1 is 1.55 bits per heavy atom. The van der Waals surface area contributed by atoms with Crippen LogP contribution in [0.5, 0.6) is 0 Å². The van der Waals surface area contributed by atoms with E-state index in [4.69, 9.17) is 0 Å². The Kier molecular flexibility index (Phi) is 3.31. The average molecular weight is 181 g/mol. The van der Waals surface area contributed by atoms with E-state index in [-0.39, 0.29) is 5.88 Å². The molecule has 0 radical (unpaired) electrons. The van der Waals surface area contributed by atoms with Gasteiger partial charge >= 0.3 is 6.09 Å². The number of rotatable bonds is 2. The number of carbonyl (C=O) groups excluding carboxylic acids is 1. The Bertz CT molecular complexity index is 233. The van der Waals surface area contributed by atoms with Gasteiger partial charge in [0.1, 0.15) is 5.88 Å². The van der Waals surface area contributed by atoms with Gasteiger partial charge in [-0.1, -0.05) is 0 Å². The molecule has 0 heterocycles. The molecule has 6 heteroatoms. The van der Waals surface area contributed by atoms with Gasteiger partial charge in [-0.15, -0.1) is 0 Å². The molecular formula is C5H11NO4S. The van der Waals surface area contributed by atoms with Crippen molar-refractivity contribution in [3.8, 4) is 0 Å². The summed E-state index contributed by atoms with van der Waals surface area (Å²) < 4.78 is 25.5. The van der Waals surface area contributed by atoms with Crippen molar-refractivity contribution in [2.45, 2.75) is 0 Å². The molecule has 0 aromatic rings. The van der Waals surface area contributed by atoms with Crippen LogP contribution in [0.3, 0.4) is 0 Å². The fraction of sp³-hybridized carbons (Fsp3) is 0.800. The van der Waals surface area contributed by atoms with Gasteiger partial charge < -0.3 is 4.74 Å². The molecule has 5 nitrogen and oxygen atoms in total. The quantitative estimate of drug-likeness (QED) is 0.586. The van der Waals surface area contributed by atoms with E-state index in [1.165, 1.54) is 14.2 Å². The first-order valence-electron chi connectivity index (χ1n) is 2.83. The third-order valence-corrected chi connectivity index (χ3v) is 1.77. The fourth-order valence-electron chi connectivity index (χ4n) is 0.560. The maximum absolute atomic E-state index is 10.6. The first-order chi connectivity index (χ1) is 4.87. The zero-order chi connectivity index (χ0) is 9.07. The van der Waals surface area contributed by atoms with Crippen molar-refractivity contribution in [1.29, 1.82) is 0 Å². The lowest BCUT2D eigenvalue weighted by molar-refractivity contribution is 0.139. The smallest absolute Gasteiger partial charge is 0.410 e. The van der Waals surface area contributed by atoms with Gasteiger partial charge in [-0.05, 0) is 0 Å². The molecule has 0 aliphatic heterocycles. The number of methoxy groups -OCH3 is 1. The van der Waals surface area contributed by atoms with Crippen molar-refractivity contribution in [3.05, 3.63) is 0 Å². The van der Waals surface area contributed by atoms with Crippen LogP contribution in [-0.2, 0) is 14.6 Å². The first kappa shape index (κ1) is 10.2. The highest BCUT2D eigenvalue weighted by Gasteiger charge is 2.13. The Morgan fingerprint density at radius 2 is 2.00 bits per heavy atom. The van der Waals surface area contributed by atoms with E-state index in [9.17, 15) is 13.2 Å². The number of nitrogens with zero attached hydrogens (tertiary/aromatic N) is 1. The Morgan fingerprint density at radius 3 is 2.27 bits per heavy atom. The summed E-state index contributed by atoms with van der Waals surface area (Å²) in [5.41, 5.74) is 0. The molecule has 11 heavy (non-hydrogen) atoms. The molecule has 0 aliphatic rings. The lowest BCUT2D eigenvalue weighted by atomic mass is 10.9. The number of ether oxygens (including phenoxy) is 1. The second-order valence-electron chi connectivity index (χ2n) is 2.22. The molecule has 0 saturated carbocycles. The summed E-state index contributed by atoms with van der Waals surface area (Å²) in [5.74, 6) is -0.320. The predicted octanol–water partition coefficient (Wildman–Crippen LogP) is -0.313. The molecule has 0 aromatic carbocycles. The van der Waals surface area contributed by atoms with Crippen LogP contribution >= 0.6 is 0 Å². The SMILES string of the molecule is COC(=O)N(C)CS(C)(=O)=O. The van der Waals surface area contributed by atoms with Crippen LogP contribution in [0.1, 0.15) is 0 Å². The van der Waals surface area contributed by atoms with Crippen molar-refractivity contribution in [2.75, 3.05) is 26.3 Å². The monoisotopic (exact) mass is 181 g/mol. The second kappa shape index (κ2) is 3.56. The molecule has 0 aromatic heterocycles. The maximum Gasteiger partial charge on any atom is 0.410 e. The molecule has 0 atom stereocenters. The van der Waals surface area contributed by atoms with Crippen LogP contribution in [-0.4, -0.2) is 45.7 Å². The summed E-state index contributed by atoms with van der Waals surface area (Å²) in [6.07, 6.45) is 0.391. The van der Waals surface area contributed by atoms with Crippen LogP contribution in [0.4, 0.5) is 4.79 Å². The molecular weight excluding hydrogens is 170 g/mol. The number of sulfone groups is 1. The van der Waals surface area contributed by atoms with Gasteiger partial charge in [0.05, 0.1) is 7.11 Å². The lowest BCUT2D eigenvalue weighted by Gasteiger charge is -2.12. The number of carbonyl (C=O) groups is 1. The van der Waals surface area contributed by atoms with Crippen LogP contribution in [0, 0.1) is 0 Å². The zero-order valence-electron chi connectivity index (χ0n) is 6.70. The highest BCUT2D eigenvalue weighted by Crippen LogP contribution is 1.92. The van der Waals surface area contributed by atoms with Gasteiger partial charge in [-0.25, -0.2) is 13.2 Å². The van der Waals surface area contributed by atoms with E-state index < -0.39 is 15.9 Å². The third-order valence-electron chi connectivity index (χ3n) is 0.914. The largest absolute Gasteiger partial charge is 0.453 e. The molecule has 0 saturated heterocycles. The summed E-state index contributed by atoms with van der Waals surface area (Å²) in [7, 11) is -0.604. The van der Waals surface area contributed by atoms with Gasteiger partial charge in [-0.3, -0.25) is 4.90 Å². The minimum absolute atomic E-state index is 0.320. The summed E-state index contributed by atoms with van der Waals surface area (Å²) in [6.45, 7) is 0. The number of amides is 1. The first-order valence-corrected chi connectivity index (χ1v) is 4.89. The molecule has 0 N–H and O–H groups in total. The van der Waals surface area contributed by atoms with E-state index in [1.807, 2.05) is 0 Å². The van der Waals surface area contributed by atoms with E-state index in [2.05, 4.69) is 4.74 Å². The van der Waals surface area contributed by atoms with Crippen LogP contribution in [0.25, 0.3) is 0 Å². The number of hydrogen-bond donors (Lipinski definition) is 0. The molecule has 0 aliphatic carbocycles. The van der Waals surface area contributed by atoms with Crippen molar-refractivity contribution in [2.24, 2.45) is 0 Å². The van der Waals surface area contributed by atoms with Crippen molar-refractivity contribution in [3.63, 3.8) is 0 Å². The van der Waals surface area contributed by atoms with E-state index in [0.29, 0.717) is 0 Å². The van der Waals surface area contributed by atoms with Crippen molar-refractivity contribution >= 4 is 15.9 Å². The highest BCUT2D eigenvalue weighted by atomic mass is 32.2. The summed E-state index contributed by atoms with van der Waals surface area (Å²) in [5, 5.41) is 0. The maximum atomic E-state index is 10.6. The van der Waals surface area contributed by atoms with Gasteiger partial charge in [0, 0.05) is 13.3 Å². The summed E-state index contributed by atoms with van der Waals surface area (Å²) >= 11 is 0. The highest BCUT2D eigenvalue weighted by molar-refractivity contribution is 7.90. The minimum Gasteiger partial charge on any atom is -0.453 e. The van der Waals surface area contributed by atoms with Crippen LogP contribution < -0.4 is 0 Å². The van der Waals surface area contributed by atoms with Crippen molar-refractivity contribution < 1.29 is 17.9 Å². The fourth-order valence-corrected chi connectivity index (χ4v) is 1.37. The molecule has 66 valence electrons. The Labute approximate surface area is 65.9 Å². The van der Waals surface area contributed by atoms with E-state index in [0.717, 1.165) is 11.2 Å². The predicted molar refractivity (Wildman–Crippen MR) is 39.9 cm³/mol. The van der Waals surface area contributed by atoms with Gasteiger partial charge in [0.15, 0.2) is 9.84 Å². The third kappa shape index (κ3) is 4.60. The van der Waals surface area contributed by atoms with Gasteiger partial charge in [0.2, 0.25) is 0 Å². The Hall–Kier alpha value is -0.780. The molecule has 0 bridgehead atoms. The van der Waals surface area contributed by atoms with E-state index in [1.54, 1.807) is 0 Å². The van der Waals surface area contributed by atoms with Gasteiger partial charge in [-0.2, -0.15) is 0 Å². The Balaban J connectivity index is 4.09. The zero-order valence-corrected chi connectivity index (χ0v) is 7.51. The van der Waals surface area contributed by atoms with Crippen molar-refractivity contribution in [1.82, 2.24) is 4.90 Å². The molecule has 1 amide bonds. The normalized spacial score (nSPS) is 10.8. The second-order valence-corrected chi connectivity index (χ2v) is 4.33. The average Bonchev–Trinajstić information content (AvgIpc) is 1.82. The summed E-state index contributed by atoms with van der Waals surface area (Å²) in [6, 6.07) is 0. The standard InChI is InChI=1S/C5H11NO4S/c1-6(5(7)10-2)4-11(3,8)9/h4H2,1-3H3. The molecule has 0 rings (SSSR count). The molecule has 0 unspecified atom stereocenters. The van der Waals surface area contributed by atoms with Gasteiger partial charge in [0.25, 0.3) is 0 Å². The van der Waals surface area contributed by atoms with Crippen LogP contribution in [0.2, 0.25) is 0 Å². The number of hydrogen-bond acceptors (Lipinski definition) is 4. The lowest BCUT2D eigenvalue weighted by Crippen LogP contribution is -2.31. The van der Waals surface area contributed by atoms with Crippen LogP contribution in [0.15, 0.2) is 0 Å².